The van der Waals surface area contributed by atoms with Gasteiger partial charge in [-0.3, -0.25) is 19.3 Å². The zero-order valence-electron chi connectivity index (χ0n) is 30.2. The minimum atomic E-state index is -0.674. The molecule has 2 atom stereocenters. The number of benzene rings is 2. The molecule has 14 nitrogen and oxygen atoms in total. The molecule has 0 bridgehead atoms. The number of halogens is 1. The van der Waals surface area contributed by atoms with E-state index in [0.717, 1.165) is 33.3 Å². The van der Waals surface area contributed by atoms with E-state index >= 15 is 0 Å². The van der Waals surface area contributed by atoms with Crippen LogP contribution in [0.4, 0.5) is 4.39 Å². The molecule has 2 unspecified atom stereocenters. The summed E-state index contributed by atoms with van der Waals surface area (Å²) in [5, 5.41) is 7.73. The number of aromatic amines is 1. The Balaban J connectivity index is 0.000000212. The molecular formula is C37H41FN4O10S. The second-order valence-corrected chi connectivity index (χ2v) is 14.2. The van der Waals surface area contributed by atoms with Crippen LogP contribution in [0.15, 0.2) is 52.8 Å². The van der Waals surface area contributed by atoms with Gasteiger partial charge in [-0.25, -0.2) is 14.0 Å². The van der Waals surface area contributed by atoms with E-state index in [0.29, 0.717) is 35.5 Å². The topological polar surface area (TPSA) is 175 Å². The summed E-state index contributed by atoms with van der Waals surface area (Å²) in [4.78, 5) is 68.1. The van der Waals surface area contributed by atoms with E-state index in [1.54, 1.807) is 52.9 Å². The van der Waals surface area contributed by atoms with Gasteiger partial charge in [0.25, 0.3) is 0 Å². The summed E-state index contributed by atoms with van der Waals surface area (Å²) in [6.45, 7) is 8.16. The molecule has 1 aromatic heterocycles. The van der Waals surface area contributed by atoms with Gasteiger partial charge in [-0.15, -0.1) is 11.8 Å². The van der Waals surface area contributed by atoms with Gasteiger partial charge in [0.2, 0.25) is 12.5 Å². The lowest BCUT2D eigenvalue weighted by Crippen LogP contribution is -2.69. The molecule has 1 saturated heterocycles. The molecule has 3 aromatic rings. The molecule has 16 heteroatoms. The predicted molar refractivity (Wildman–Crippen MR) is 194 cm³/mol. The fourth-order valence-electron chi connectivity index (χ4n) is 5.97. The van der Waals surface area contributed by atoms with E-state index in [1.807, 2.05) is 6.07 Å². The lowest BCUT2D eigenvalue weighted by Gasteiger charge is -2.49. The number of hydrogen-bond donors (Lipinski definition) is 2. The summed E-state index contributed by atoms with van der Waals surface area (Å²) in [5.74, 6) is -1.01. The first kappa shape index (κ1) is 39.0. The summed E-state index contributed by atoms with van der Waals surface area (Å²) in [6, 6.07) is 9.62. The van der Waals surface area contributed by atoms with Crippen molar-refractivity contribution in [3.05, 3.63) is 64.6 Å². The van der Waals surface area contributed by atoms with Crippen molar-refractivity contribution in [3.8, 4) is 17.0 Å². The third-order valence-corrected chi connectivity index (χ3v) is 9.50. The monoisotopic (exact) mass is 752 g/mol. The van der Waals surface area contributed by atoms with Crippen molar-refractivity contribution in [1.82, 2.24) is 15.2 Å². The summed E-state index contributed by atoms with van der Waals surface area (Å²) >= 11 is 1.53. The lowest BCUT2D eigenvalue weighted by atomic mass is 9.87. The zero-order chi connectivity index (χ0) is 38.4. The standard InChI is InChI=1S/C22H19FN2O5.C15H22N2O5S/c1-2-28-21(27)12-30-25-20-11-18-16-9-13(23)3-6-19(16)24-22(18)15-5-4-14(10-17(15)20)29-8-7-26;1-8(18)21-6-9-7-23-13-10(16-5)12(19)17(13)11(9)14(20)22-15(2,3)4/h3-7,9-10,24H,2,8,11-12H2,1H3;10,13,16H,6-7H2,1-5H3/b25-20-;. The first-order chi connectivity index (χ1) is 25.3. The number of rotatable bonds is 11. The van der Waals surface area contributed by atoms with Crippen molar-refractivity contribution in [3.63, 3.8) is 0 Å². The Morgan fingerprint density at radius 3 is 2.58 bits per heavy atom. The number of H-pyrrole nitrogens is 1. The predicted octanol–water partition coefficient (Wildman–Crippen LogP) is 4.04. The van der Waals surface area contributed by atoms with Gasteiger partial charge < -0.3 is 34.1 Å². The van der Waals surface area contributed by atoms with Crippen molar-refractivity contribution in [2.24, 2.45) is 5.16 Å². The number of carbonyl (C=O) groups is 5. The molecule has 3 aliphatic rings. The summed E-state index contributed by atoms with van der Waals surface area (Å²) in [6.07, 6.45) is 1.03. The van der Waals surface area contributed by atoms with Gasteiger partial charge in [0.05, 0.1) is 18.0 Å². The third-order valence-electron chi connectivity index (χ3n) is 8.16. The third kappa shape index (κ3) is 8.88. The molecule has 2 N–H and O–H groups in total. The van der Waals surface area contributed by atoms with Crippen molar-refractivity contribution < 1.29 is 52.1 Å². The molecule has 1 amide bonds. The number of nitrogens with one attached hydrogen (secondary N) is 2. The number of carbonyl (C=O) groups excluding carboxylic acids is 5. The van der Waals surface area contributed by atoms with Crippen molar-refractivity contribution >= 4 is 58.5 Å². The molecule has 282 valence electrons. The average molecular weight is 753 g/mol. The van der Waals surface area contributed by atoms with Crippen molar-refractivity contribution in [2.75, 3.05) is 39.2 Å². The van der Waals surface area contributed by atoms with E-state index in [-0.39, 0.29) is 55.3 Å². The summed E-state index contributed by atoms with van der Waals surface area (Å²) in [5.41, 5.74) is 4.82. The number of hydrogen-bond acceptors (Lipinski definition) is 13. The van der Waals surface area contributed by atoms with Crippen LogP contribution in [0.1, 0.15) is 45.7 Å². The Morgan fingerprint density at radius 1 is 1.13 bits per heavy atom. The Bertz CT molecular complexity index is 1990. The second-order valence-electron chi connectivity index (χ2n) is 13.1. The first-order valence-corrected chi connectivity index (χ1v) is 17.9. The molecule has 2 aromatic carbocycles. The maximum Gasteiger partial charge on any atom is 0.355 e. The van der Waals surface area contributed by atoms with Crippen LogP contribution in [-0.4, -0.2) is 102 Å². The van der Waals surface area contributed by atoms with Gasteiger partial charge >= 0.3 is 17.9 Å². The Hall–Kier alpha value is -5.22. The number of likely N-dealkylation sites (N-methyl/N-ethyl adjacent to an activating group) is 1. The number of oxime groups is 1. The van der Waals surface area contributed by atoms with E-state index < -0.39 is 23.5 Å². The van der Waals surface area contributed by atoms with Crippen molar-refractivity contribution in [2.45, 2.75) is 58.1 Å². The molecule has 6 rings (SSSR count). The van der Waals surface area contributed by atoms with Gasteiger partial charge in [-0.05, 0) is 76.7 Å². The first-order valence-electron chi connectivity index (χ1n) is 16.8. The van der Waals surface area contributed by atoms with Crippen LogP contribution >= 0.6 is 11.8 Å². The molecule has 2 aliphatic heterocycles. The normalized spacial score (nSPS) is 18.1. The maximum absolute atomic E-state index is 13.8. The van der Waals surface area contributed by atoms with Gasteiger partial charge in [0, 0.05) is 46.7 Å². The number of amides is 1. The van der Waals surface area contributed by atoms with Crippen LogP contribution in [0.2, 0.25) is 0 Å². The van der Waals surface area contributed by atoms with Crippen molar-refractivity contribution in [1.29, 1.82) is 0 Å². The van der Waals surface area contributed by atoms with E-state index in [4.69, 9.17) is 23.8 Å². The number of β-lactam (4-membered cyclic amide) rings is 1. The van der Waals surface area contributed by atoms with Crippen LogP contribution in [0.5, 0.6) is 5.75 Å². The molecule has 1 aliphatic carbocycles. The second kappa shape index (κ2) is 16.6. The smallest absolute Gasteiger partial charge is 0.355 e. The van der Waals surface area contributed by atoms with Gasteiger partial charge in [0.15, 0.2) is 6.29 Å². The van der Waals surface area contributed by atoms with Crippen LogP contribution in [0, 0.1) is 5.82 Å². The van der Waals surface area contributed by atoms with E-state index in [2.05, 4.69) is 15.5 Å². The van der Waals surface area contributed by atoms with Gasteiger partial charge in [-0.2, -0.15) is 0 Å². The highest BCUT2D eigenvalue weighted by atomic mass is 32.2. The Kier molecular flexibility index (Phi) is 12.2. The van der Waals surface area contributed by atoms with Crippen LogP contribution < -0.4 is 10.1 Å². The zero-order valence-corrected chi connectivity index (χ0v) is 31.0. The highest BCUT2D eigenvalue weighted by Gasteiger charge is 2.53. The Labute approximate surface area is 309 Å². The highest BCUT2D eigenvalue weighted by molar-refractivity contribution is 8.00. The van der Waals surface area contributed by atoms with Gasteiger partial charge in [0.1, 0.15) is 47.5 Å². The number of aldehydes is 1. The lowest BCUT2D eigenvalue weighted by molar-refractivity contribution is -0.158. The molecule has 0 spiro atoms. The van der Waals surface area contributed by atoms with Crippen LogP contribution in [0.25, 0.3) is 22.2 Å². The van der Waals surface area contributed by atoms with Gasteiger partial charge in [-0.1, -0.05) is 5.16 Å². The number of fused-ring (bicyclic) bond motifs is 6. The minimum absolute atomic E-state index is 0.0162. The maximum atomic E-state index is 13.8. The molecule has 0 saturated carbocycles. The largest absolute Gasteiger partial charge is 0.486 e. The molecule has 53 heavy (non-hydrogen) atoms. The Morgan fingerprint density at radius 2 is 1.91 bits per heavy atom. The molecular weight excluding hydrogens is 711 g/mol. The van der Waals surface area contributed by atoms with E-state index in [1.165, 1.54) is 35.7 Å². The SMILES string of the molecule is CCOC(=O)CO/N=C1/Cc2c([nH]c3ccc(F)cc23)-c2ccc(OCC=O)cc21.CNC1C(=O)N2C(C(=O)OC(C)(C)C)=C(COC(C)=O)CSC12. The number of nitrogens with zero attached hydrogens (tertiary/aromatic N) is 2. The average Bonchev–Trinajstić information content (AvgIpc) is 3.46. The van der Waals surface area contributed by atoms with Crippen LogP contribution in [-0.2, 0) is 49.4 Å². The minimum Gasteiger partial charge on any atom is -0.486 e. The number of aromatic nitrogens is 1. The fourth-order valence-corrected chi connectivity index (χ4v) is 7.37. The quantitative estimate of drug-likeness (QED) is 0.0948. The fraction of sp³-hybridized carbons (Fsp3) is 0.405. The molecule has 3 heterocycles. The number of ether oxygens (including phenoxy) is 4. The summed E-state index contributed by atoms with van der Waals surface area (Å²) < 4.78 is 34.5. The number of thioether (sulfide) groups is 1. The molecule has 0 radical (unpaired) electrons. The number of esters is 3. The van der Waals surface area contributed by atoms with E-state index in [9.17, 15) is 28.4 Å². The van der Waals surface area contributed by atoms with Crippen LogP contribution in [0.3, 0.4) is 0 Å². The molecule has 1 fully saturated rings. The highest BCUT2D eigenvalue weighted by Crippen LogP contribution is 2.41. The summed E-state index contributed by atoms with van der Waals surface area (Å²) in [7, 11) is 1.71.